The van der Waals surface area contributed by atoms with Gasteiger partial charge in [0.25, 0.3) is 0 Å². The van der Waals surface area contributed by atoms with E-state index in [1.54, 1.807) is 11.8 Å². The van der Waals surface area contributed by atoms with Crippen molar-refractivity contribution in [2.45, 2.75) is 0 Å². The van der Waals surface area contributed by atoms with E-state index in [1.807, 2.05) is 5.55 Å². The predicted molar refractivity (Wildman–Crippen MR) is 25.8 cm³/mol. The number of nitrogens with zero attached hydrogens (tertiary/aromatic N) is 1. The molecule has 0 saturated heterocycles. The van der Waals surface area contributed by atoms with Gasteiger partial charge in [-0.15, -0.1) is 11.8 Å². The fraction of sp³-hybridized carbons (Fsp3) is 0.667. The quantitative estimate of drug-likeness (QED) is 0.606. The molecule has 0 fully saturated rings. The third-order valence-electron chi connectivity index (χ3n) is 0.487. The van der Waals surface area contributed by atoms with E-state index in [2.05, 4.69) is 4.99 Å². The molecular formula is C3H5NSSm. The van der Waals surface area contributed by atoms with Crippen LogP contribution in [0.2, 0.25) is 0 Å². The first-order chi connectivity index (χ1) is 2.50. The Morgan fingerprint density at radius 3 is 2.67 bits per heavy atom. The molecule has 0 bridgehead atoms. The molecular weight excluding hydrogens is 232 g/mol. The van der Waals surface area contributed by atoms with Crippen LogP contribution < -0.4 is 0 Å². The van der Waals surface area contributed by atoms with Crippen molar-refractivity contribution in [3.8, 4) is 0 Å². The minimum Gasteiger partial charge on any atom is -0.285 e. The third-order valence-corrected chi connectivity index (χ3v) is 1.20. The number of hydrogen-bond acceptors (Lipinski definition) is 2. The van der Waals surface area contributed by atoms with Crippen LogP contribution in [0.3, 0.4) is 0 Å². The van der Waals surface area contributed by atoms with Gasteiger partial charge in [0.2, 0.25) is 0 Å². The number of thioether (sulfide) groups is 1. The summed E-state index contributed by atoms with van der Waals surface area (Å²) >= 11 is 1.78. The molecule has 1 rings (SSSR count). The fourth-order valence-electron chi connectivity index (χ4n) is 0.264. The van der Waals surface area contributed by atoms with Gasteiger partial charge in [-0.1, -0.05) is 0 Å². The molecule has 0 spiro atoms. The Hall–Kier alpha value is 1.36. The minimum atomic E-state index is 0. The zero-order chi connectivity index (χ0) is 3.54. The van der Waals surface area contributed by atoms with Crippen molar-refractivity contribution in [1.29, 1.82) is 0 Å². The molecule has 0 aromatic heterocycles. The van der Waals surface area contributed by atoms with Gasteiger partial charge in [-0.3, -0.25) is 4.99 Å². The molecule has 1 aliphatic rings. The van der Waals surface area contributed by atoms with Gasteiger partial charge in [-0.2, -0.15) is 0 Å². The second-order valence-corrected chi connectivity index (χ2v) is 1.83. The van der Waals surface area contributed by atoms with E-state index < -0.39 is 0 Å². The summed E-state index contributed by atoms with van der Waals surface area (Å²) in [6, 6.07) is 0. The third kappa shape index (κ3) is 2.52. The van der Waals surface area contributed by atoms with E-state index in [-0.39, 0.29) is 40.4 Å². The fourth-order valence-corrected chi connectivity index (χ4v) is 0.791. The number of rotatable bonds is 0. The molecule has 0 atom stereocenters. The molecule has 0 unspecified atom stereocenters. The van der Waals surface area contributed by atoms with Crippen molar-refractivity contribution >= 4 is 17.3 Å². The first kappa shape index (κ1) is 7.36. The molecule has 1 heterocycles. The SMILES string of the molecule is C1=NCCS1.[Sm]. The van der Waals surface area contributed by atoms with E-state index >= 15 is 0 Å². The topological polar surface area (TPSA) is 12.4 Å². The Morgan fingerprint density at radius 2 is 2.50 bits per heavy atom. The number of aliphatic imine (C=N–C) groups is 1. The molecule has 1 aliphatic heterocycles. The van der Waals surface area contributed by atoms with Crippen molar-refractivity contribution in [3.05, 3.63) is 0 Å². The largest absolute Gasteiger partial charge is 0.285 e. The van der Waals surface area contributed by atoms with Crippen molar-refractivity contribution < 1.29 is 40.4 Å². The van der Waals surface area contributed by atoms with Crippen molar-refractivity contribution in [3.63, 3.8) is 0 Å². The van der Waals surface area contributed by atoms with E-state index in [4.69, 9.17) is 0 Å². The molecule has 0 aromatic rings. The Kier molecular flexibility index (Phi) is 5.54. The van der Waals surface area contributed by atoms with Crippen LogP contribution >= 0.6 is 11.8 Å². The van der Waals surface area contributed by atoms with Gasteiger partial charge in [0.15, 0.2) is 0 Å². The van der Waals surface area contributed by atoms with Gasteiger partial charge in [-0.05, 0) is 0 Å². The average molecular weight is 238 g/mol. The van der Waals surface area contributed by atoms with Crippen LogP contribution in [-0.4, -0.2) is 17.8 Å². The van der Waals surface area contributed by atoms with Crippen molar-refractivity contribution in [1.82, 2.24) is 0 Å². The number of hydrogen-bond donors (Lipinski definition) is 0. The zero-order valence-electron chi connectivity index (χ0n) is 3.26. The maximum absolute atomic E-state index is 3.92. The molecule has 3 heteroatoms. The summed E-state index contributed by atoms with van der Waals surface area (Å²) in [7, 11) is 0. The average Bonchev–Trinajstić information content (AvgIpc) is 1.76. The van der Waals surface area contributed by atoms with Gasteiger partial charge in [0.05, 0.1) is 5.55 Å². The summed E-state index contributed by atoms with van der Waals surface area (Å²) in [5.74, 6) is 1.19. The zero-order valence-corrected chi connectivity index (χ0v) is 6.69. The van der Waals surface area contributed by atoms with Crippen LogP contribution in [-0.2, 0) is 0 Å². The standard InChI is InChI=1S/C3H5NS.Sm/c1-2-5-3-4-1;/h3H,1-2H2;. The van der Waals surface area contributed by atoms with E-state index in [0.29, 0.717) is 0 Å². The van der Waals surface area contributed by atoms with E-state index in [9.17, 15) is 0 Å². The summed E-state index contributed by atoms with van der Waals surface area (Å²) in [4.78, 5) is 3.92. The molecule has 0 N–H and O–H groups in total. The second-order valence-electron chi connectivity index (χ2n) is 0.882. The van der Waals surface area contributed by atoms with Crippen LogP contribution in [0.4, 0.5) is 0 Å². The van der Waals surface area contributed by atoms with Gasteiger partial charge in [0.1, 0.15) is 0 Å². The Balaban J connectivity index is 0.000000250. The smallest absolute Gasteiger partial charge is 0.0542 e. The molecule has 1 nitrogen and oxygen atoms in total. The van der Waals surface area contributed by atoms with Gasteiger partial charge < -0.3 is 0 Å². The monoisotopic (exact) mass is 239 g/mol. The Labute approximate surface area is 74.1 Å². The van der Waals surface area contributed by atoms with Gasteiger partial charge in [0, 0.05) is 52.7 Å². The molecule has 34 valence electrons. The van der Waals surface area contributed by atoms with E-state index in [1.165, 1.54) is 5.75 Å². The van der Waals surface area contributed by atoms with Crippen LogP contribution in [0.1, 0.15) is 0 Å². The first-order valence-corrected chi connectivity index (χ1v) is 2.65. The second kappa shape index (κ2) is 4.51. The minimum absolute atomic E-state index is 0. The molecule has 0 radical (unpaired) electrons. The van der Waals surface area contributed by atoms with Crippen LogP contribution in [0.5, 0.6) is 0 Å². The van der Waals surface area contributed by atoms with Crippen LogP contribution in [0.15, 0.2) is 4.99 Å². The molecule has 0 aromatic carbocycles. The van der Waals surface area contributed by atoms with Crippen molar-refractivity contribution in [2.75, 3.05) is 12.3 Å². The normalized spacial score (nSPS) is 17.3. The summed E-state index contributed by atoms with van der Waals surface area (Å²) in [5, 5.41) is 0. The predicted octanol–water partition coefficient (Wildman–Crippen LogP) is 0.762. The molecule has 0 amide bonds. The first-order valence-electron chi connectivity index (χ1n) is 1.60. The van der Waals surface area contributed by atoms with Crippen LogP contribution in [0.25, 0.3) is 0 Å². The van der Waals surface area contributed by atoms with Gasteiger partial charge in [-0.25, -0.2) is 0 Å². The van der Waals surface area contributed by atoms with E-state index in [0.717, 1.165) is 6.54 Å². The summed E-state index contributed by atoms with van der Waals surface area (Å²) in [6.45, 7) is 1.03. The van der Waals surface area contributed by atoms with Crippen molar-refractivity contribution in [2.24, 2.45) is 4.99 Å². The Morgan fingerprint density at radius 1 is 1.67 bits per heavy atom. The summed E-state index contributed by atoms with van der Waals surface area (Å²) in [6.07, 6.45) is 0. The van der Waals surface area contributed by atoms with Crippen LogP contribution in [0, 0.1) is 40.4 Å². The Bertz CT molecular complexity index is 48.8. The van der Waals surface area contributed by atoms with Gasteiger partial charge >= 0.3 is 0 Å². The maximum atomic E-state index is 3.92. The molecule has 0 aliphatic carbocycles. The summed E-state index contributed by atoms with van der Waals surface area (Å²) < 4.78 is 0. The molecule has 6 heavy (non-hydrogen) atoms. The molecule has 0 saturated carbocycles. The maximum Gasteiger partial charge on any atom is 0.0542 e. The summed E-state index contributed by atoms with van der Waals surface area (Å²) in [5.41, 5.74) is 1.90.